The summed E-state index contributed by atoms with van der Waals surface area (Å²) in [7, 11) is 0. The number of nitrogens with zero attached hydrogens (tertiary/aromatic N) is 5. The van der Waals surface area contributed by atoms with Crippen molar-refractivity contribution >= 4 is 17.3 Å². The largest absolute Gasteiger partial charge is 0.433 e. The third-order valence-corrected chi connectivity index (χ3v) is 3.48. The van der Waals surface area contributed by atoms with E-state index in [2.05, 4.69) is 25.3 Å². The van der Waals surface area contributed by atoms with Crippen molar-refractivity contribution in [2.24, 2.45) is 0 Å². The molecule has 0 bridgehead atoms. The van der Waals surface area contributed by atoms with E-state index in [1.165, 1.54) is 47.5 Å². The second-order valence-corrected chi connectivity index (χ2v) is 5.22. The van der Waals surface area contributed by atoms with Gasteiger partial charge in [-0.05, 0) is 18.2 Å². The van der Waals surface area contributed by atoms with E-state index in [4.69, 9.17) is 9.37 Å². The molecule has 2 N–H and O–H groups in total. The number of hydrogen-bond acceptors (Lipinski definition) is 7. The number of nitrogens with one attached hydrogen (secondary N) is 2. The highest BCUT2D eigenvalue weighted by Gasteiger charge is 2.16. The van der Waals surface area contributed by atoms with Crippen molar-refractivity contribution in [1.29, 1.82) is 5.26 Å². The topological polar surface area (TPSA) is 118 Å². The van der Waals surface area contributed by atoms with Gasteiger partial charge in [0, 0.05) is 23.4 Å². The standard InChI is InChI=1S/C17H13F2N7O2/c1-21-16(27)15-13(4-5-22-25-15)24-12-3-2-11(6-14(12)28-17(18)19)26-9-10(7-20)8-23-26/h2-6,8-9,17H,1H3,(H,21,27)(H,22,24)/i1D3. The maximum Gasteiger partial charge on any atom is 0.387 e. The average molecular weight is 388 g/mol. The van der Waals surface area contributed by atoms with Crippen LogP contribution in [0.1, 0.15) is 20.2 Å². The Morgan fingerprint density at radius 3 is 2.96 bits per heavy atom. The van der Waals surface area contributed by atoms with Gasteiger partial charge in [-0.1, -0.05) is 0 Å². The van der Waals surface area contributed by atoms with E-state index in [-0.39, 0.29) is 28.4 Å². The summed E-state index contributed by atoms with van der Waals surface area (Å²) in [6.07, 6.45) is 3.93. The molecule has 0 radical (unpaired) electrons. The highest BCUT2D eigenvalue weighted by molar-refractivity contribution is 5.98. The lowest BCUT2D eigenvalue weighted by molar-refractivity contribution is -0.0493. The van der Waals surface area contributed by atoms with Crippen LogP contribution >= 0.6 is 0 Å². The van der Waals surface area contributed by atoms with E-state index in [9.17, 15) is 13.6 Å². The van der Waals surface area contributed by atoms with Crippen molar-refractivity contribution < 1.29 is 22.4 Å². The molecule has 0 atom stereocenters. The molecule has 3 rings (SSSR count). The molecule has 0 saturated heterocycles. The number of anilines is 2. The number of halogens is 2. The van der Waals surface area contributed by atoms with Crippen LogP contribution in [-0.4, -0.2) is 39.5 Å². The lowest BCUT2D eigenvalue weighted by Gasteiger charge is -2.15. The monoisotopic (exact) mass is 388 g/mol. The zero-order valence-corrected chi connectivity index (χ0v) is 13.9. The molecule has 1 amide bonds. The molecule has 0 saturated carbocycles. The van der Waals surface area contributed by atoms with Crippen LogP contribution in [0.4, 0.5) is 20.2 Å². The first-order chi connectivity index (χ1) is 14.7. The molecule has 0 aliphatic heterocycles. The van der Waals surface area contributed by atoms with Gasteiger partial charge in [0.15, 0.2) is 11.4 Å². The van der Waals surface area contributed by atoms with Gasteiger partial charge in [-0.15, -0.1) is 5.10 Å². The van der Waals surface area contributed by atoms with Crippen LogP contribution in [0.2, 0.25) is 0 Å². The van der Waals surface area contributed by atoms with Crippen molar-refractivity contribution in [1.82, 2.24) is 25.3 Å². The van der Waals surface area contributed by atoms with Crippen LogP contribution in [0.3, 0.4) is 0 Å². The third-order valence-electron chi connectivity index (χ3n) is 3.48. The predicted molar refractivity (Wildman–Crippen MR) is 93.6 cm³/mol. The van der Waals surface area contributed by atoms with E-state index in [0.717, 1.165) is 0 Å². The molecular weight excluding hydrogens is 372 g/mol. The molecule has 9 nitrogen and oxygen atoms in total. The molecule has 0 aliphatic carbocycles. The van der Waals surface area contributed by atoms with Crippen LogP contribution < -0.4 is 15.4 Å². The van der Waals surface area contributed by atoms with Gasteiger partial charge in [-0.2, -0.15) is 24.2 Å². The number of benzene rings is 1. The number of alkyl halides is 2. The smallest absolute Gasteiger partial charge is 0.387 e. The summed E-state index contributed by atoms with van der Waals surface area (Å²) in [6.45, 7) is -5.92. The predicted octanol–water partition coefficient (Wildman–Crippen LogP) is 2.24. The Balaban J connectivity index is 1.96. The second-order valence-electron chi connectivity index (χ2n) is 5.22. The van der Waals surface area contributed by atoms with Crippen molar-refractivity contribution in [3.05, 3.63) is 54.1 Å². The lowest BCUT2D eigenvalue weighted by Crippen LogP contribution is -2.21. The molecule has 1 aromatic carbocycles. The van der Waals surface area contributed by atoms with Gasteiger partial charge in [-0.3, -0.25) is 4.79 Å². The fourth-order valence-electron chi connectivity index (χ4n) is 2.28. The van der Waals surface area contributed by atoms with E-state index in [1.807, 2.05) is 6.07 Å². The van der Waals surface area contributed by atoms with Crippen molar-refractivity contribution in [2.75, 3.05) is 12.3 Å². The van der Waals surface area contributed by atoms with E-state index in [1.54, 1.807) is 5.32 Å². The van der Waals surface area contributed by atoms with Crippen LogP contribution in [0.25, 0.3) is 5.69 Å². The molecule has 3 aromatic rings. The minimum absolute atomic E-state index is 0.00877. The first kappa shape index (κ1) is 15.0. The Labute approximate surface area is 161 Å². The number of nitriles is 1. The summed E-state index contributed by atoms with van der Waals surface area (Å²) in [5.41, 5.74) is 0.278. The zero-order valence-electron chi connectivity index (χ0n) is 16.9. The summed E-state index contributed by atoms with van der Waals surface area (Å²) >= 11 is 0. The fraction of sp³-hybridized carbons (Fsp3) is 0.118. The number of aromatic nitrogens is 4. The number of carbonyl (C=O) groups is 1. The molecule has 0 aliphatic rings. The fourth-order valence-corrected chi connectivity index (χ4v) is 2.28. The van der Waals surface area contributed by atoms with Crippen LogP contribution in [-0.2, 0) is 0 Å². The van der Waals surface area contributed by atoms with Crippen molar-refractivity contribution in [2.45, 2.75) is 6.61 Å². The van der Waals surface area contributed by atoms with Gasteiger partial charge < -0.3 is 15.4 Å². The summed E-state index contributed by atoms with van der Waals surface area (Å²) < 4.78 is 53.2. The van der Waals surface area contributed by atoms with Gasteiger partial charge in [0.2, 0.25) is 0 Å². The van der Waals surface area contributed by atoms with Gasteiger partial charge in [0.25, 0.3) is 5.91 Å². The molecule has 28 heavy (non-hydrogen) atoms. The zero-order chi connectivity index (χ0) is 22.6. The first-order valence-electron chi connectivity index (χ1n) is 9.11. The molecule has 0 spiro atoms. The number of ether oxygens (including phenoxy) is 1. The van der Waals surface area contributed by atoms with E-state index in [0.29, 0.717) is 5.69 Å². The number of carbonyl (C=O) groups excluding carboxylic acids is 1. The molecule has 0 unspecified atom stereocenters. The highest BCUT2D eigenvalue weighted by Crippen LogP contribution is 2.32. The summed E-state index contributed by atoms with van der Waals surface area (Å²) in [6, 6.07) is 7.35. The van der Waals surface area contributed by atoms with Gasteiger partial charge in [-0.25, -0.2) is 4.68 Å². The molecule has 2 aromatic heterocycles. The van der Waals surface area contributed by atoms with Gasteiger partial charge >= 0.3 is 6.61 Å². The van der Waals surface area contributed by atoms with Crippen LogP contribution in [0.15, 0.2) is 42.9 Å². The summed E-state index contributed by atoms with van der Waals surface area (Å²) in [4.78, 5) is 12.2. The number of rotatable bonds is 6. The highest BCUT2D eigenvalue weighted by atomic mass is 19.3. The minimum atomic E-state index is -3.16. The maximum absolute atomic E-state index is 13.0. The molecule has 0 fully saturated rings. The molecule has 142 valence electrons. The Morgan fingerprint density at radius 2 is 2.25 bits per heavy atom. The molecule has 2 heterocycles. The Kier molecular flexibility index (Phi) is 4.34. The quantitative estimate of drug-likeness (QED) is 0.665. The maximum atomic E-state index is 13.0. The van der Waals surface area contributed by atoms with Crippen molar-refractivity contribution in [3.8, 4) is 17.5 Å². The normalized spacial score (nSPS) is 12.4. The number of amides is 1. The first-order valence-corrected chi connectivity index (χ1v) is 7.61. The molecular formula is C17H13F2N7O2. The summed E-state index contributed by atoms with van der Waals surface area (Å²) in [5.74, 6) is -1.33. The van der Waals surface area contributed by atoms with E-state index >= 15 is 0 Å². The SMILES string of the molecule is [2H]C([2H])([2H])NC(=O)c1nnccc1Nc1ccc(-n2cc(C#N)cn2)cc1OC(F)F. The summed E-state index contributed by atoms with van der Waals surface area (Å²) in [5, 5.41) is 24.5. The third kappa shape index (κ3) is 4.01. The van der Waals surface area contributed by atoms with Gasteiger partial charge in [0.05, 0.1) is 35.0 Å². The Morgan fingerprint density at radius 1 is 1.39 bits per heavy atom. The van der Waals surface area contributed by atoms with Crippen molar-refractivity contribution in [3.63, 3.8) is 0 Å². The average Bonchev–Trinajstić information content (AvgIpc) is 3.17. The van der Waals surface area contributed by atoms with Gasteiger partial charge in [0.1, 0.15) is 6.07 Å². The Bertz CT molecular complexity index is 1150. The second kappa shape index (κ2) is 8.09. The number of hydrogen-bond donors (Lipinski definition) is 2. The van der Waals surface area contributed by atoms with Crippen LogP contribution in [0.5, 0.6) is 5.75 Å². The Hall–Kier alpha value is -4.07. The lowest BCUT2D eigenvalue weighted by atomic mass is 10.2. The van der Waals surface area contributed by atoms with E-state index < -0.39 is 19.5 Å². The van der Waals surface area contributed by atoms with Crippen LogP contribution in [0, 0.1) is 11.3 Å². The minimum Gasteiger partial charge on any atom is -0.433 e. The molecule has 11 heteroatoms.